The standard InChI is InChI=1S/C9H18NO2.C2H6O3S/c1-8(2)9(11)12-7-6-10(3,4)5;1-2-6(3,4)5/h1,6-7H2,2-5H3;2H2,1H3,(H,3,4,5)/q+1;. The minimum Gasteiger partial charge on any atom is -0.456 e. The van der Waals surface area contributed by atoms with Crippen molar-refractivity contribution in [2.75, 3.05) is 40.0 Å². The lowest BCUT2D eigenvalue weighted by molar-refractivity contribution is -0.870. The highest BCUT2D eigenvalue weighted by atomic mass is 32.2. The molecule has 0 spiro atoms. The summed E-state index contributed by atoms with van der Waals surface area (Å²) in [6.45, 7) is 7.78. The minimum absolute atomic E-state index is 0.201. The Morgan fingerprint density at radius 3 is 1.94 bits per heavy atom. The lowest BCUT2D eigenvalue weighted by Crippen LogP contribution is -2.38. The molecule has 0 bridgehead atoms. The summed E-state index contributed by atoms with van der Waals surface area (Å²) >= 11 is 0. The molecular weight excluding hydrogens is 258 g/mol. The van der Waals surface area contributed by atoms with Crippen molar-refractivity contribution in [3.8, 4) is 0 Å². The third-order valence-electron chi connectivity index (χ3n) is 1.71. The number of quaternary nitrogens is 1. The molecule has 0 fully saturated rings. The first-order chi connectivity index (χ1) is 7.89. The van der Waals surface area contributed by atoms with Gasteiger partial charge in [0.1, 0.15) is 13.2 Å². The topological polar surface area (TPSA) is 80.7 Å². The average molecular weight is 282 g/mol. The van der Waals surface area contributed by atoms with Crippen LogP contribution in [-0.2, 0) is 19.6 Å². The molecule has 0 radical (unpaired) electrons. The van der Waals surface area contributed by atoms with Crippen LogP contribution in [0.3, 0.4) is 0 Å². The first-order valence-electron chi connectivity index (χ1n) is 5.47. The molecule has 1 N–H and O–H groups in total. The number of esters is 1. The second-order valence-corrected chi connectivity index (χ2v) is 6.54. The highest BCUT2D eigenvalue weighted by Gasteiger charge is 2.09. The molecule has 0 atom stereocenters. The van der Waals surface area contributed by atoms with E-state index in [1.807, 2.05) is 0 Å². The highest BCUT2D eigenvalue weighted by molar-refractivity contribution is 7.85. The first-order valence-corrected chi connectivity index (χ1v) is 7.08. The third kappa shape index (κ3) is 17.5. The van der Waals surface area contributed by atoms with E-state index in [9.17, 15) is 13.2 Å². The van der Waals surface area contributed by atoms with Gasteiger partial charge in [0.25, 0.3) is 10.1 Å². The maximum absolute atomic E-state index is 10.9. The summed E-state index contributed by atoms with van der Waals surface area (Å²) in [5.41, 5.74) is 0.455. The van der Waals surface area contributed by atoms with Crippen molar-refractivity contribution in [2.24, 2.45) is 0 Å². The second-order valence-electron chi connectivity index (χ2n) is 4.80. The monoisotopic (exact) mass is 282 g/mol. The van der Waals surface area contributed by atoms with Crippen molar-refractivity contribution in [3.63, 3.8) is 0 Å². The van der Waals surface area contributed by atoms with E-state index >= 15 is 0 Å². The number of hydrogen-bond acceptors (Lipinski definition) is 4. The average Bonchev–Trinajstić information content (AvgIpc) is 2.15. The molecule has 0 saturated carbocycles. The Balaban J connectivity index is 0. The zero-order valence-corrected chi connectivity index (χ0v) is 12.6. The SMILES string of the molecule is C=C(C)C(=O)OCC[N+](C)(C)C.CCS(=O)(=O)O. The number of hydrogen-bond donors (Lipinski definition) is 1. The largest absolute Gasteiger partial charge is 0.456 e. The summed E-state index contributed by atoms with van der Waals surface area (Å²) in [4.78, 5) is 10.9. The summed E-state index contributed by atoms with van der Waals surface area (Å²) in [5, 5.41) is 0. The van der Waals surface area contributed by atoms with Gasteiger partial charge in [-0.1, -0.05) is 6.58 Å². The van der Waals surface area contributed by atoms with Gasteiger partial charge in [-0.2, -0.15) is 8.42 Å². The van der Waals surface area contributed by atoms with Crippen LogP contribution >= 0.6 is 0 Å². The van der Waals surface area contributed by atoms with Gasteiger partial charge in [0.15, 0.2) is 0 Å². The zero-order valence-electron chi connectivity index (χ0n) is 11.8. The summed E-state index contributed by atoms with van der Waals surface area (Å²) in [6.07, 6.45) is 0. The van der Waals surface area contributed by atoms with Gasteiger partial charge in [-0.25, -0.2) is 4.79 Å². The Bertz CT molecular complexity index is 367. The molecular formula is C11H24NO5S+. The van der Waals surface area contributed by atoms with Crippen LogP contribution in [0.15, 0.2) is 12.2 Å². The Hall–Kier alpha value is -0.920. The minimum atomic E-state index is -3.66. The van der Waals surface area contributed by atoms with Gasteiger partial charge in [0, 0.05) is 5.57 Å². The molecule has 7 heteroatoms. The predicted molar refractivity (Wildman–Crippen MR) is 70.8 cm³/mol. The maximum Gasteiger partial charge on any atom is 0.333 e. The van der Waals surface area contributed by atoms with Gasteiger partial charge in [-0.3, -0.25) is 4.55 Å². The molecule has 0 aromatic carbocycles. The van der Waals surface area contributed by atoms with Crippen LogP contribution in [0, 0.1) is 0 Å². The maximum atomic E-state index is 10.9. The van der Waals surface area contributed by atoms with Gasteiger partial charge in [-0.15, -0.1) is 0 Å². The van der Waals surface area contributed by atoms with Gasteiger partial charge in [0.2, 0.25) is 0 Å². The van der Waals surface area contributed by atoms with Crippen molar-refractivity contribution in [1.82, 2.24) is 0 Å². The lowest BCUT2D eigenvalue weighted by atomic mass is 10.4. The molecule has 0 unspecified atom stereocenters. The number of nitrogens with zero attached hydrogens (tertiary/aromatic N) is 1. The van der Waals surface area contributed by atoms with E-state index in [2.05, 4.69) is 27.7 Å². The number of likely N-dealkylation sites (N-methyl/N-ethyl adjacent to an activating group) is 1. The van der Waals surface area contributed by atoms with Crippen LogP contribution in [0.2, 0.25) is 0 Å². The van der Waals surface area contributed by atoms with Crippen molar-refractivity contribution in [3.05, 3.63) is 12.2 Å². The highest BCUT2D eigenvalue weighted by Crippen LogP contribution is 1.94. The van der Waals surface area contributed by atoms with Crippen molar-refractivity contribution >= 4 is 16.1 Å². The fourth-order valence-corrected chi connectivity index (χ4v) is 0.535. The van der Waals surface area contributed by atoms with Crippen LogP contribution in [0.5, 0.6) is 0 Å². The predicted octanol–water partition coefficient (Wildman–Crippen LogP) is 0.706. The van der Waals surface area contributed by atoms with Gasteiger partial charge < -0.3 is 9.22 Å². The molecule has 0 rings (SSSR count). The number of ether oxygens (including phenoxy) is 1. The Morgan fingerprint density at radius 2 is 1.72 bits per heavy atom. The Morgan fingerprint density at radius 1 is 1.33 bits per heavy atom. The van der Waals surface area contributed by atoms with Crippen LogP contribution < -0.4 is 0 Å². The van der Waals surface area contributed by atoms with Gasteiger partial charge in [0.05, 0.1) is 26.9 Å². The molecule has 108 valence electrons. The molecule has 0 aromatic rings. The molecule has 0 aliphatic heterocycles. The van der Waals surface area contributed by atoms with Gasteiger partial charge in [-0.05, 0) is 13.8 Å². The summed E-state index contributed by atoms with van der Waals surface area (Å²) in [6, 6.07) is 0. The lowest BCUT2D eigenvalue weighted by Gasteiger charge is -2.23. The van der Waals surface area contributed by atoms with E-state index < -0.39 is 10.1 Å². The molecule has 0 saturated heterocycles. The number of carbonyl (C=O) groups excluding carboxylic acids is 1. The normalized spacial score (nSPS) is 11.2. The van der Waals surface area contributed by atoms with Crippen molar-refractivity contribution in [1.29, 1.82) is 0 Å². The molecule has 0 aliphatic rings. The van der Waals surface area contributed by atoms with E-state index in [1.54, 1.807) is 6.92 Å². The van der Waals surface area contributed by atoms with Crippen LogP contribution in [0.25, 0.3) is 0 Å². The van der Waals surface area contributed by atoms with Crippen molar-refractivity contribution < 1.29 is 27.0 Å². The van der Waals surface area contributed by atoms with E-state index in [0.717, 1.165) is 11.0 Å². The Kier molecular flexibility index (Phi) is 8.88. The third-order valence-corrected chi connectivity index (χ3v) is 2.44. The van der Waals surface area contributed by atoms with E-state index in [4.69, 9.17) is 9.29 Å². The first kappa shape index (κ1) is 19.4. The van der Waals surface area contributed by atoms with Crippen molar-refractivity contribution in [2.45, 2.75) is 13.8 Å². The molecule has 0 aromatic heterocycles. The summed E-state index contributed by atoms with van der Waals surface area (Å²) < 4.78 is 32.6. The second kappa shape index (κ2) is 8.23. The molecule has 6 nitrogen and oxygen atoms in total. The smallest absolute Gasteiger partial charge is 0.333 e. The van der Waals surface area contributed by atoms with Crippen LogP contribution in [-0.4, -0.2) is 63.5 Å². The van der Waals surface area contributed by atoms with E-state index in [1.165, 1.54) is 6.92 Å². The zero-order chi connectivity index (χ0) is 15.0. The quantitative estimate of drug-likeness (QED) is 0.347. The number of carbonyl (C=O) groups is 1. The Labute approximate surface area is 110 Å². The molecule has 0 heterocycles. The van der Waals surface area contributed by atoms with E-state index in [0.29, 0.717) is 12.2 Å². The fourth-order valence-electron chi connectivity index (χ4n) is 0.535. The number of rotatable bonds is 5. The molecule has 18 heavy (non-hydrogen) atoms. The van der Waals surface area contributed by atoms with Gasteiger partial charge >= 0.3 is 5.97 Å². The molecule has 0 aliphatic carbocycles. The fraction of sp³-hybridized carbons (Fsp3) is 0.727. The van der Waals surface area contributed by atoms with Crippen LogP contribution in [0.1, 0.15) is 13.8 Å². The van der Waals surface area contributed by atoms with Crippen LogP contribution in [0.4, 0.5) is 0 Å². The molecule has 0 amide bonds. The van der Waals surface area contributed by atoms with E-state index in [-0.39, 0.29) is 11.7 Å². The summed E-state index contributed by atoms with van der Waals surface area (Å²) in [5.74, 6) is -0.504. The summed E-state index contributed by atoms with van der Waals surface area (Å²) in [7, 11) is 2.49.